The van der Waals surface area contributed by atoms with E-state index in [-0.39, 0.29) is 5.75 Å². The molecule has 0 aromatic heterocycles. The van der Waals surface area contributed by atoms with Gasteiger partial charge in [-0.1, -0.05) is 151 Å². The minimum atomic E-state index is -3.78. The molecule has 0 bridgehead atoms. The summed E-state index contributed by atoms with van der Waals surface area (Å²) >= 11 is 0. The lowest BCUT2D eigenvalue weighted by Gasteiger charge is -2.33. The quantitative estimate of drug-likeness (QED) is 0.244. The molecule has 0 aliphatic carbocycles. The van der Waals surface area contributed by atoms with Gasteiger partial charge in [0.1, 0.15) is 0 Å². The predicted octanol–water partition coefficient (Wildman–Crippen LogP) is 6.08. The van der Waals surface area contributed by atoms with Crippen molar-refractivity contribution in [1.29, 1.82) is 0 Å². The summed E-state index contributed by atoms with van der Waals surface area (Å²) < 4.78 is 30.0. The van der Waals surface area contributed by atoms with Crippen LogP contribution in [0.3, 0.4) is 0 Å². The zero-order valence-corrected chi connectivity index (χ0v) is 22.4. The van der Waals surface area contributed by atoms with Crippen molar-refractivity contribution in [2.75, 3.05) is 0 Å². The molecule has 0 aliphatic rings. The van der Waals surface area contributed by atoms with E-state index in [4.69, 9.17) is 0 Å². The molecule has 0 saturated carbocycles. The number of rotatable bonds is 7. The summed E-state index contributed by atoms with van der Waals surface area (Å²) in [6.07, 6.45) is 0. The number of hydrogen-bond acceptors (Lipinski definition) is 2. The minimum Gasteiger partial charge on any atom is -0.223 e. The topological polar surface area (TPSA) is 34.1 Å². The SMILES string of the molecule is Cc1ccc(C(=P(c2ccccc2)(c2ccccc2)c2ccccc2)S(=O)(=O)Cc2ccccc2)cc1. The van der Waals surface area contributed by atoms with Gasteiger partial charge in [-0.15, -0.1) is 0 Å². The zero-order chi connectivity index (χ0) is 25.7. The maximum absolute atomic E-state index is 14.7. The lowest BCUT2D eigenvalue weighted by atomic mass is 10.2. The summed E-state index contributed by atoms with van der Waals surface area (Å²) in [7, 11) is -3.78. The molecule has 0 heterocycles. The van der Waals surface area contributed by atoms with Crippen LogP contribution in [0.15, 0.2) is 146 Å². The molecule has 0 fully saturated rings. The Morgan fingerprint density at radius 1 is 0.541 bits per heavy atom. The predicted molar refractivity (Wildman–Crippen MR) is 160 cm³/mol. The van der Waals surface area contributed by atoms with E-state index in [0.29, 0.717) is 4.63 Å². The van der Waals surface area contributed by atoms with Gasteiger partial charge < -0.3 is 0 Å². The van der Waals surface area contributed by atoms with E-state index < -0.39 is 16.7 Å². The molecule has 5 aromatic carbocycles. The number of benzene rings is 5. The Labute approximate surface area is 220 Å². The van der Waals surface area contributed by atoms with E-state index >= 15 is 0 Å². The van der Waals surface area contributed by atoms with Crippen LogP contribution in [0.2, 0.25) is 0 Å². The fraction of sp³-hybridized carbons (Fsp3) is 0.0606. The Morgan fingerprint density at radius 2 is 0.919 bits per heavy atom. The van der Waals surface area contributed by atoms with Crippen molar-refractivity contribution in [1.82, 2.24) is 0 Å². The maximum atomic E-state index is 14.7. The van der Waals surface area contributed by atoms with Gasteiger partial charge in [-0.2, -0.15) is 0 Å². The highest BCUT2D eigenvalue weighted by Crippen LogP contribution is 2.49. The van der Waals surface area contributed by atoms with E-state index in [9.17, 15) is 8.42 Å². The van der Waals surface area contributed by atoms with E-state index in [0.717, 1.165) is 32.6 Å². The molecule has 0 saturated heterocycles. The third kappa shape index (κ3) is 4.98. The van der Waals surface area contributed by atoms with E-state index in [1.54, 1.807) is 0 Å². The molecule has 0 unspecified atom stereocenters. The molecule has 184 valence electrons. The van der Waals surface area contributed by atoms with Crippen molar-refractivity contribution in [3.05, 3.63) is 162 Å². The molecule has 0 amide bonds. The highest BCUT2D eigenvalue weighted by Gasteiger charge is 2.37. The van der Waals surface area contributed by atoms with Crippen molar-refractivity contribution in [3.8, 4) is 0 Å². The number of sulfone groups is 1. The average molecular weight is 521 g/mol. The van der Waals surface area contributed by atoms with Gasteiger partial charge in [0.25, 0.3) is 0 Å². The van der Waals surface area contributed by atoms with Crippen LogP contribution in [-0.2, 0) is 15.6 Å². The maximum Gasteiger partial charge on any atom is 0.184 e. The summed E-state index contributed by atoms with van der Waals surface area (Å²) in [5.41, 5.74) is 2.61. The lowest BCUT2D eigenvalue weighted by Crippen LogP contribution is -2.34. The van der Waals surface area contributed by atoms with Crippen LogP contribution in [-0.4, -0.2) is 13.0 Å². The third-order valence-corrected chi connectivity index (χ3v) is 13.8. The van der Waals surface area contributed by atoms with Gasteiger partial charge in [-0.05, 0) is 40.9 Å². The van der Waals surface area contributed by atoms with Gasteiger partial charge in [0.05, 0.1) is 10.4 Å². The van der Waals surface area contributed by atoms with Gasteiger partial charge in [-0.3, -0.25) is 0 Å². The zero-order valence-electron chi connectivity index (χ0n) is 20.7. The summed E-state index contributed by atoms with van der Waals surface area (Å²) in [5, 5.41) is 3.04. The summed E-state index contributed by atoms with van der Waals surface area (Å²) in [4.78, 5) is 0. The summed E-state index contributed by atoms with van der Waals surface area (Å²) in [6.45, 7) is -0.806. The molecule has 0 spiro atoms. The molecule has 5 aromatic rings. The van der Waals surface area contributed by atoms with Crippen LogP contribution in [0.25, 0.3) is 0 Å². The van der Waals surface area contributed by atoms with Gasteiger partial charge in [0.15, 0.2) is 9.84 Å². The van der Waals surface area contributed by atoms with Gasteiger partial charge in [-0.25, -0.2) is 8.42 Å². The highest BCUT2D eigenvalue weighted by molar-refractivity contribution is 8.20. The molecule has 0 N–H and O–H groups in total. The first-order valence-corrected chi connectivity index (χ1v) is 15.7. The Kier molecular flexibility index (Phi) is 7.28. The first kappa shape index (κ1) is 25.0. The van der Waals surface area contributed by atoms with Crippen molar-refractivity contribution in [2.45, 2.75) is 12.7 Å². The van der Waals surface area contributed by atoms with E-state index in [2.05, 4.69) is 36.4 Å². The van der Waals surface area contributed by atoms with Gasteiger partial charge in [0, 0.05) is 0 Å². The molecular formula is C33H29O2PS. The van der Waals surface area contributed by atoms with Crippen LogP contribution < -0.4 is 15.9 Å². The molecule has 0 radical (unpaired) electrons. The lowest BCUT2D eigenvalue weighted by molar-refractivity contribution is 0.607. The normalized spacial score (nSPS) is 11.7. The van der Waals surface area contributed by atoms with Crippen molar-refractivity contribution < 1.29 is 8.42 Å². The molecule has 37 heavy (non-hydrogen) atoms. The molecule has 4 heteroatoms. The van der Waals surface area contributed by atoms with Crippen LogP contribution >= 0.6 is 6.89 Å². The monoisotopic (exact) mass is 520 g/mol. The molecule has 5 rings (SSSR count). The average Bonchev–Trinajstić information content (AvgIpc) is 2.94. The molecule has 2 nitrogen and oxygen atoms in total. The second-order valence-corrected chi connectivity index (χ2v) is 14.7. The van der Waals surface area contributed by atoms with Crippen molar-refractivity contribution in [3.63, 3.8) is 0 Å². The van der Waals surface area contributed by atoms with Gasteiger partial charge in [0.2, 0.25) is 0 Å². The fourth-order valence-corrected chi connectivity index (χ4v) is 13.0. The van der Waals surface area contributed by atoms with Crippen molar-refractivity contribution >= 4 is 37.3 Å². The van der Waals surface area contributed by atoms with Crippen LogP contribution in [0, 0.1) is 6.92 Å². The minimum absolute atomic E-state index is 0.0642. The largest absolute Gasteiger partial charge is 0.223 e. The number of aryl methyl sites for hydroxylation is 1. The standard InChI is InChI=1S/C33H29O2PS/c1-27-22-24-29(25-23-27)33(37(34,35)26-28-14-6-2-7-15-28)36(30-16-8-3-9-17-30,31-18-10-4-11-19-31)32-20-12-5-13-21-32/h2-25H,26H2,1H3. The Morgan fingerprint density at radius 3 is 1.32 bits per heavy atom. The van der Waals surface area contributed by atoms with E-state index in [1.807, 2.05) is 116 Å². The van der Waals surface area contributed by atoms with Crippen LogP contribution in [0.5, 0.6) is 0 Å². The van der Waals surface area contributed by atoms with Crippen LogP contribution in [0.4, 0.5) is 0 Å². The molecular weight excluding hydrogens is 491 g/mol. The smallest absolute Gasteiger partial charge is 0.184 e. The Bertz CT molecular complexity index is 1520. The van der Waals surface area contributed by atoms with Crippen molar-refractivity contribution in [2.24, 2.45) is 0 Å². The third-order valence-electron chi connectivity index (χ3n) is 6.53. The van der Waals surface area contributed by atoms with E-state index in [1.165, 1.54) is 0 Å². The molecule has 0 atom stereocenters. The summed E-state index contributed by atoms with van der Waals surface area (Å²) in [5.74, 6) is -0.0642. The highest BCUT2D eigenvalue weighted by atomic mass is 32.2. The first-order chi connectivity index (χ1) is 18.0. The number of hydrogen-bond donors (Lipinski definition) is 0. The second-order valence-electron chi connectivity index (χ2n) is 9.09. The first-order valence-electron chi connectivity index (χ1n) is 12.3. The second kappa shape index (κ2) is 10.8. The Hall–Kier alpha value is -3.65. The molecule has 0 aliphatic heterocycles. The van der Waals surface area contributed by atoms with Crippen LogP contribution in [0.1, 0.15) is 16.7 Å². The summed E-state index contributed by atoms with van der Waals surface area (Å²) in [6, 6.07) is 47.9. The van der Waals surface area contributed by atoms with Gasteiger partial charge >= 0.3 is 0 Å². The fourth-order valence-electron chi connectivity index (χ4n) is 4.89. The Balaban J connectivity index is 2.03.